The first-order chi connectivity index (χ1) is 27.0. The molecule has 0 rings (SSSR count). The molecule has 0 atom stereocenters. The van der Waals surface area contributed by atoms with Crippen molar-refractivity contribution >= 4 is 15.6 Å². The summed E-state index contributed by atoms with van der Waals surface area (Å²) in [6.07, 6.45) is 11.4. The Labute approximate surface area is 347 Å². The highest BCUT2D eigenvalue weighted by Crippen LogP contribution is 2.71. The molecule has 17 heteroatoms. The molecule has 0 aliphatic rings. The first-order valence-electron chi connectivity index (χ1n) is 21.9. The van der Waals surface area contributed by atoms with Crippen LogP contribution in [0.2, 0.25) is 0 Å². The van der Waals surface area contributed by atoms with E-state index in [1.165, 1.54) is 27.7 Å². The molecule has 15 nitrogen and oxygen atoms in total. The minimum Gasteiger partial charge on any atom is -0.327 e. The smallest absolute Gasteiger partial charge is 0.327 e. The van der Waals surface area contributed by atoms with Crippen molar-refractivity contribution in [3.63, 3.8) is 0 Å². The maximum Gasteiger partial charge on any atom is 0.492 e. The summed E-state index contributed by atoms with van der Waals surface area (Å²) in [6, 6.07) is 0. The van der Waals surface area contributed by atoms with Crippen LogP contribution in [0.5, 0.6) is 0 Å². The Morgan fingerprint density at radius 2 is 0.439 bits per heavy atom. The number of phosphoric acid groups is 2. The first kappa shape index (κ1) is 56.9. The molecule has 0 radical (unpaired) electrons. The van der Waals surface area contributed by atoms with Crippen LogP contribution < -0.4 is 0 Å². The average Bonchev–Trinajstić information content (AvgIpc) is 3.12. The van der Waals surface area contributed by atoms with E-state index >= 15 is 9.13 Å². The van der Waals surface area contributed by atoms with Crippen molar-refractivity contribution in [2.24, 2.45) is 0 Å². The predicted molar refractivity (Wildman–Crippen MR) is 221 cm³/mol. The van der Waals surface area contributed by atoms with Crippen LogP contribution in [0, 0.1) is 0 Å². The van der Waals surface area contributed by atoms with Crippen molar-refractivity contribution < 1.29 is 69.4 Å². The van der Waals surface area contributed by atoms with Crippen molar-refractivity contribution in [2.45, 2.75) is 210 Å². The van der Waals surface area contributed by atoms with Gasteiger partial charge in [0.25, 0.3) is 23.9 Å². The van der Waals surface area contributed by atoms with E-state index < -0.39 is 39.5 Å². The molecule has 0 aromatic rings. The van der Waals surface area contributed by atoms with Crippen molar-refractivity contribution in [3.05, 3.63) is 0 Å². The van der Waals surface area contributed by atoms with Gasteiger partial charge in [-0.25, -0.2) is 27.2 Å². The van der Waals surface area contributed by atoms with E-state index in [1.807, 2.05) is 55.4 Å². The molecule has 0 aromatic heterocycles. The highest BCUT2D eigenvalue weighted by Gasteiger charge is 2.56. The predicted octanol–water partition coefficient (Wildman–Crippen LogP) is 12.5. The fourth-order valence-electron chi connectivity index (χ4n) is 4.63. The first-order valence-corrected chi connectivity index (χ1v) is 24.8. The largest absolute Gasteiger partial charge is 0.492 e. The van der Waals surface area contributed by atoms with Crippen molar-refractivity contribution in [1.29, 1.82) is 0 Å². The van der Waals surface area contributed by atoms with Crippen molar-refractivity contribution in [1.82, 2.24) is 0 Å². The van der Waals surface area contributed by atoms with Gasteiger partial charge < -0.3 is 37.9 Å². The van der Waals surface area contributed by atoms with Gasteiger partial charge in [-0.1, -0.05) is 107 Å². The molecule has 0 heterocycles. The summed E-state index contributed by atoms with van der Waals surface area (Å²) in [4.78, 5) is 0. The summed E-state index contributed by atoms with van der Waals surface area (Å²) >= 11 is 0. The lowest BCUT2D eigenvalue weighted by molar-refractivity contribution is -0.368. The molecule has 0 unspecified atom stereocenters. The van der Waals surface area contributed by atoms with Crippen LogP contribution in [-0.4, -0.2) is 76.7 Å². The zero-order chi connectivity index (χ0) is 43.2. The Hall–Kier alpha value is -0.0600. The molecule has 0 bridgehead atoms. The van der Waals surface area contributed by atoms with Crippen molar-refractivity contribution in [2.75, 3.05) is 52.9 Å². The molecule has 0 N–H and O–H groups in total. The van der Waals surface area contributed by atoms with E-state index in [1.54, 1.807) is 0 Å². The molecular formula is C40H84O15P2. The van der Waals surface area contributed by atoms with E-state index in [4.69, 9.17) is 60.3 Å². The lowest BCUT2D eigenvalue weighted by Gasteiger charge is -2.39. The van der Waals surface area contributed by atoms with Gasteiger partial charge >= 0.3 is 15.6 Å². The van der Waals surface area contributed by atoms with Gasteiger partial charge in [0.15, 0.2) is 0 Å². The fourth-order valence-corrected chi connectivity index (χ4v) is 8.27. The SMILES string of the molecule is CCCCOC(C)(OCCCC)OP(=O)(OC(C)(OCCCC)OCCCC)OP(=O)(OC(C)(OCCCC)OCCCC)OC(C)(OCCCC)OCCCC. The number of hydrogen-bond donors (Lipinski definition) is 0. The molecule has 0 spiro atoms. The minimum atomic E-state index is -5.31. The second-order valence-electron chi connectivity index (χ2n) is 14.4. The molecule has 0 fully saturated rings. The zero-order valence-electron chi connectivity index (χ0n) is 38.0. The van der Waals surface area contributed by atoms with E-state index in [2.05, 4.69) is 0 Å². The van der Waals surface area contributed by atoms with Gasteiger partial charge in [-0.3, -0.25) is 0 Å². The summed E-state index contributed by atoms with van der Waals surface area (Å²) in [5.74, 6) is -8.13. The minimum absolute atomic E-state index is 0.171. The second-order valence-corrected chi connectivity index (χ2v) is 17.6. The van der Waals surface area contributed by atoms with Gasteiger partial charge in [0.1, 0.15) is 0 Å². The third-order valence-electron chi connectivity index (χ3n) is 8.21. The molecule has 0 saturated carbocycles. The summed E-state index contributed by atoms with van der Waals surface area (Å²) in [5, 5.41) is 0. The maximum absolute atomic E-state index is 15.5. The Morgan fingerprint density at radius 3 is 0.561 bits per heavy atom. The van der Waals surface area contributed by atoms with Gasteiger partial charge in [-0.2, -0.15) is 4.31 Å². The van der Waals surface area contributed by atoms with Gasteiger partial charge in [-0.15, -0.1) is 0 Å². The zero-order valence-corrected chi connectivity index (χ0v) is 39.8. The highest BCUT2D eigenvalue weighted by molar-refractivity contribution is 7.62. The van der Waals surface area contributed by atoms with E-state index in [-0.39, 0.29) is 52.9 Å². The third kappa shape index (κ3) is 26.8. The van der Waals surface area contributed by atoms with Crippen LogP contribution in [0.25, 0.3) is 0 Å². The van der Waals surface area contributed by atoms with Gasteiger partial charge in [0.05, 0.1) is 52.9 Å². The van der Waals surface area contributed by atoms with E-state index in [0.29, 0.717) is 51.4 Å². The topological polar surface area (TPSA) is 154 Å². The number of ether oxygens (including phenoxy) is 8. The molecule has 0 aliphatic heterocycles. The Balaban J connectivity index is 7.71. The number of unbranched alkanes of at least 4 members (excludes halogenated alkanes) is 8. The lowest BCUT2D eigenvalue weighted by atomic mass is 10.3. The monoisotopic (exact) mass is 867 g/mol. The molecular weight excluding hydrogens is 782 g/mol. The maximum atomic E-state index is 15.5. The molecule has 0 amide bonds. The van der Waals surface area contributed by atoms with Gasteiger partial charge in [-0.05, 0) is 51.4 Å². The van der Waals surface area contributed by atoms with Crippen LogP contribution in [-0.2, 0) is 69.4 Å². The Bertz CT molecular complexity index is 874. The van der Waals surface area contributed by atoms with Crippen LogP contribution in [0.1, 0.15) is 186 Å². The molecule has 0 aliphatic carbocycles. The van der Waals surface area contributed by atoms with Crippen LogP contribution >= 0.6 is 15.6 Å². The normalized spacial score (nSPS) is 13.5. The Kier molecular flexibility index (Phi) is 31.7. The van der Waals surface area contributed by atoms with E-state index in [9.17, 15) is 0 Å². The average molecular weight is 867 g/mol. The highest BCUT2D eigenvalue weighted by atomic mass is 31.3. The summed E-state index contributed by atoms with van der Waals surface area (Å²) < 4.78 is 110. The third-order valence-corrected chi connectivity index (χ3v) is 12.0. The van der Waals surface area contributed by atoms with E-state index in [0.717, 1.165) is 51.4 Å². The summed E-state index contributed by atoms with van der Waals surface area (Å²) in [5.41, 5.74) is 0. The molecule has 57 heavy (non-hydrogen) atoms. The summed E-state index contributed by atoms with van der Waals surface area (Å²) in [7, 11) is -10.6. The molecule has 0 saturated heterocycles. The van der Waals surface area contributed by atoms with Crippen molar-refractivity contribution in [3.8, 4) is 0 Å². The quantitative estimate of drug-likeness (QED) is 0.0324. The lowest BCUT2D eigenvalue weighted by Crippen LogP contribution is -2.41. The number of rotatable bonds is 42. The molecule has 0 aromatic carbocycles. The van der Waals surface area contributed by atoms with Crippen LogP contribution in [0.15, 0.2) is 0 Å². The molecule has 344 valence electrons. The van der Waals surface area contributed by atoms with Gasteiger partial charge in [0.2, 0.25) is 0 Å². The number of phosphoric ester groups is 2. The Morgan fingerprint density at radius 1 is 0.298 bits per heavy atom. The fraction of sp³-hybridized carbons (Fsp3) is 1.00. The van der Waals surface area contributed by atoms with Crippen LogP contribution in [0.3, 0.4) is 0 Å². The van der Waals surface area contributed by atoms with Gasteiger partial charge in [0, 0.05) is 27.7 Å². The second kappa shape index (κ2) is 31.7. The van der Waals surface area contributed by atoms with Crippen LogP contribution in [0.4, 0.5) is 0 Å². The number of hydrogen-bond acceptors (Lipinski definition) is 15. The standard InChI is InChI=1S/C40H84O15P2/c1-13-21-29-43-37(9,44-30-22-14-2)51-56(41,52-38(10,45-31-23-15-3)46-32-24-16-4)55-57(42,53-39(11,47-33-25-17-5)48-34-26-18-6)54-40(12,49-35-27-19-7)50-36-28-20-8/h13-36H2,1-12H3. The summed E-state index contributed by atoms with van der Waals surface area (Å²) in [6.45, 7) is 23.1.